The lowest BCUT2D eigenvalue weighted by Crippen LogP contribution is -2.31. The van der Waals surface area contributed by atoms with Gasteiger partial charge in [-0.05, 0) is 214 Å². The second-order valence-electron chi connectivity index (χ2n) is 31.6. The van der Waals surface area contributed by atoms with Crippen LogP contribution in [0.15, 0.2) is 164 Å². The van der Waals surface area contributed by atoms with Crippen molar-refractivity contribution >= 4 is 17.1 Å². The van der Waals surface area contributed by atoms with Gasteiger partial charge in [0, 0.05) is 56.3 Å². The third-order valence-electron chi connectivity index (χ3n) is 23.5. The number of nitrogens with zero attached hydrogens (tertiary/aromatic N) is 3. The smallest absolute Gasteiger partial charge is 0.119 e. The maximum Gasteiger partial charge on any atom is 0.119 e. The van der Waals surface area contributed by atoms with Crippen molar-refractivity contribution in [3.63, 3.8) is 0 Å². The van der Waals surface area contributed by atoms with E-state index in [0.29, 0.717) is 87.5 Å². The van der Waals surface area contributed by atoms with Crippen molar-refractivity contribution in [1.82, 2.24) is 0 Å². The quantitative estimate of drug-likeness (QED) is 0.0406. The van der Waals surface area contributed by atoms with Crippen LogP contribution in [-0.4, -0.2) is 193 Å². The van der Waals surface area contributed by atoms with Crippen molar-refractivity contribution in [1.29, 1.82) is 0 Å². The van der Waals surface area contributed by atoms with Gasteiger partial charge in [0.1, 0.15) is 73.8 Å². The Morgan fingerprint density at radius 2 is 0.456 bits per heavy atom. The summed E-state index contributed by atoms with van der Waals surface area (Å²) in [5, 5.41) is 0. The maximum absolute atomic E-state index is 5.66. The van der Waals surface area contributed by atoms with Crippen LogP contribution in [0.4, 0.5) is 17.1 Å². The molecule has 17 heteroatoms. The summed E-state index contributed by atoms with van der Waals surface area (Å²) in [5.74, 6) is 13.3. The highest BCUT2D eigenvalue weighted by Gasteiger charge is 2.50. The van der Waals surface area contributed by atoms with E-state index in [1.807, 2.05) is 159 Å². The number of epoxide rings is 10. The van der Waals surface area contributed by atoms with Crippen LogP contribution in [0.25, 0.3) is 0 Å². The topological polar surface area (TPSA) is 172 Å². The standard InChI is InChI=1S/C25H30N2O4.C15H19NO4.2C10H16.3C9H10O2.4C2H6.2CH4/c1-5-20(26(10-22-14-28-22)11-23-15-29-23)6-2-18(1)9-19-3-7-21(8-4-19)27(12-24-16-30-24)13-25-17-31-25;1-3-12(17-9-15-10-20-15)4-2-11(1)16(5-13-7-18-13)6-14-8-19-14;2*1-2-9-7-4-5-8(6-7)10(9)3-1;3*1-2-4-8(5-3-1)10-6-9-7-11-9;4*1-2;;/h1-8,22-25H,9-17H2;1-4,13-15H,5-10H2;2*7-10H,1-6H2;3*1-5,9H,6-7H2;4*1-2H3;2*1H4. The molecule has 114 heavy (non-hydrogen) atoms. The summed E-state index contributed by atoms with van der Waals surface area (Å²) in [6.07, 6.45) is 23.6. The zero-order chi connectivity index (χ0) is 77.6. The molecule has 6 aromatic rings. The Hall–Kier alpha value is -6.48. The van der Waals surface area contributed by atoms with Crippen molar-refractivity contribution < 1.29 is 66.3 Å². The molecule has 18 atom stereocenters. The molecule has 22 rings (SSSR count). The van der Waals surface area contributed by atoms with E-state index < -0.39 is 0 Å². The molecule has 0 radical (unpaired) electrons. The first-order valence-corrected chi connectivity index (χ1v) is 43.8. The summed E-state index contributed by atoms with van der Waals surface area (Å²) < 4.78 is 74.5. The minimum atomic E-state index is 0. The van der Waals surface area contributed by atoms with Gasteiger partial charge in [-0.15, -0.1) is 0 Å². The third kappa shape index (κ3) is 31.4. The molecule has 6 aliphatic carbocycles. The molecule has 0 amide bonds. The first-order valence-electron chi connectivity index (χ1n) is 43.8. The fourth-order valence-electron chi connectivity index (χ4n) is 17.0. The van der Waals surface area contributed by atoms with Crippen molar-refractivity contribution in [2.75, 3.05) is 146 Å². The molecular weight excluding hydrogens is 1430 g/mol. The lowest BCUT2D eigenvalue weighted by atomic mass is 9.82. The molecule has 10 aliphatic heterocycles. The Bertz CT molecular complexity index is 3190. The van der Waals surface area contributed by atoms with E-state index >= 15 is 0 Å². The van der Waals surface area contributed by atoms with E-state index in [1.54, 1.807) is 77.0 Å². The summed E-state index contributed by atoms with van der Waals surface area (Å²) in [6, 6.07) is 55.6. The number of hydrogen-bond donors (Lipinski definition) is 0. The van der Waals surface area contributed by atoms with E-state index in [2.05, 4.69) is 75.4 Å². The molecular formula is C97H143N3O14. The average molecular weight is 1580 g/mol. The molecule has 0 spiro atoms. The number of para-hydroxylation sites is 3. The average Bonchev–Trinajstić information content (AvgIpc) is 1.62. The molecule has 16 aliphatic rings. The molecule has 6 saturated carbocycles. The molecule has 4 bridgehead atoms. The molecule has 16 fully saturated rings. The first-order chi connectivity index (χ1) is 55.4. The highest BCUT2D eigenvalue weighted by Crippen LogP contribution is 2.59. The fourth-order valence-corrected chi connectivity index (χ4v) is 17.0. The van der Waals surface area contributed by atoms with Crippen LogP contribution >= 0.6 is 0 Å². The van der Waals surface area contributed by atoms with Gasteiger partial charge >= 0.3 is 0 Å². The number of fused-ring (bicyclic) bond motifs is 10. The zero-order valence-electron chi connectivity index (χ0n) is 68.9. The second-order valence-corrected chi connectivity index (χ2v) is 31.6. The molecule has 0 N–H and O–H groups in total. The van der Waals surface area contributed by atoms with Gasteiger partial charge in [-0.3, -0.25) is 0 Å². The van der Waals surface area contributed by atoms with Gasteiger partial charge < -0.3 is 81.0 Å². The van der Waals surface area contributed by atoms with E-state index in [4.69, 9.17) is 66.3 Å². The number of benzene rings is 6. The van der Waals surface area contributed by atoms with Gasteiger partial charge in [0.25, 0.3) is 0 Å². The Kier molecular flexibility index (Phi) is 37.7. The molecule has 17 nitrogen and oxygen atoms in total. The lowest BCUT2D eigenvalue weighted by molar-refractivity contribution is 0.259. The van der Waals surface area contributed by atoms with Crippen molar-refractivity contribution in [3.05, 3.63) is 175 Å². The SMILES string of the molecule is C.C.C1CC2C3CCC(C3)C2C1.C1CC2C3CCC(C3)C2C1.CC.CC.CC.CC.c1cc(N(CC2CO2)CC2CO2)ccc1Cc1ccc(N(CC2CO2)CC2CO2)cc1.c1cc(N(CC2CO2)CC2CO2)ccc1OCC1CO1.c1ccc(OCC2CO2)cc1.c1ccc(OCC2CO2)cc1.c1ccc(OCC2CO2)cc1. The molecule has 6 aromatic carbocycles. The van der Waals surface area contributed by atoms with Crippen LogP contribution in [0.2, 0.25) is 0 Å². The number of hydrogen-bond acceptors (Lipinski definition) is 17. The maximum atomic E-state index is 5.66. The van der Waals surface area contributed by atoms with Crippen LogP contribution in [0, 0.1) is 47.3 Å². The van der Waals surface area contributed by atoms with Gasteiger partial charge in [0.05, 0.1) is 103 Å². The fraction of sp³-hybridized carbons (Fsp3) is 0.629. The molecule has 10 saturated heterocycles. The predicted molar refractivity (Wildman–Crippen MR) is 460 cm³/mol. The van der Waals surface area contributed by atoms with Gasteiger partial charge in [-0.1, -0.05) is 162 Å². The van der Waals surface area contributed by atoms with E-state index in [9.17, 15) is 0 Å². The van der Waals surface area contributed by atoms with Crippen LogP contribution in [0.1, 0.15) is 158 Å². The minimum Gasteiger partial charge on any atom is -0.491 e. The van der Waals surface area contributed by atoms with Crippen molar-refractivity contribution in [2.45, 2.75) is 215 Å². The van der Waals surface area contributed by atoms with E-state index in [-0.39, 0.29) is 14.9 Å². The van der Waals surface area contributed by atoms with Crippen LogP contribution < -0.4 is 33.6 Å². The monoisotopic (exact) mass is 1570 g/mol. The molecule has 10 heterocycles. The summed E-state index contributed by atoms with van der Waals surface area (Å²) in [5.41, 5.74) is 6.37. The summed E-state index contributed by atoms with van der Waals surface area (Å²) in [4.78, 5) is 7.13. The Balaban J connectivity index is 0.000000145. The second kappa shape index (κ2) is 47.8. The number of rotatable bonds is 29. The van der Waals surface area contributed by atoms with Gasteiger partial charge in [-0.25, -0.2) is 0 Å². The first kappa shape index (κ1) is 89.9. The molecule has 0 aromatic heterocycles. The summed E-state index contributed by atoms with van der Waals surface area (Å²) in [6.45, 7) is 33.1. The molecule has 18 unspecified atom stereocenters. The van der Waals surface area contributed by atoms with Gasteiger partial charge in [0.15, 0.2) is 0 Å². The van der Waals surface area contributed by atoms with Gasteiger partial charge in [-0.2, -0.15) is 0 Å². The number of ether oxygens (including phenoxy) is 14. The Labute approximate surface area is 686 Å². The zero-order valence-corrected chi connectivity index (χ0v) is 68.9. The highest BCUT2D eigenvalue weighted by atomic mass is 16.6. The van der Waals surface area contributed by atoms with Crippen LogP contribution in [0.3, 0.4) is 0 Å². The molecule has 630 valence electrons. The van der Waals surface area contributed by atoms with Crippen molar-refractivity contribution in [3.8, 4) is 23.0 Å². The van der Waals surface area contributed by atoms with Crippen molar-refractivity contribution in [2.24, 2.45) is 47.3 Å². The van der Waals surface area contributed by atoms with Crippen LogP contribution in [-0.2, 0) is 53.8 Å². The Morgan fingerprint density at radius 3 is 0.667 bits per heavy atom. The number of anilines is 3. The normalized spacial score (nSPS) is 29.2. The summed E-state index contributed by atoms with van der Waals surface area (Å²) >= 11 is 0. The highest BCUT2D eigenvalue weighted by molar-refractivity contribution is 5.52. The predicted octanol–water partition coefficient (Wildman–Crippen LogP) is 19.0. The van der Waals surface area contributed by atoms with Crippen LogP contribution in [0.5, 0.6) is 23.0 Å². The third-order valence-corrected chi connectivity index (χ3v) is 23.5. The van der Waals surface area contributed by atoms with E-state index in [1.165, 1.54) is 75.5 Å². The van der Waals surface area contributed by atoms with Gasteiger partial charge in [0.2, 0.25) is 0 Å². The largest absolute Gasteiger partial charge is 0.491 e. The Morgan fingerprint density at radius 1 is 0.254 bits per heavy atom. The lowest BCUT2D eigenvalue weighted by Gasteiger charge is -2.24. The van der Waals surface area contributed by atoms with E-state index in [0.717, 1.165) is 135 Å². The minimum absolute atomic E-state index is 0. The summed E-state index contributed by atoms with van der Waals surface area (Å²) in [7, 11) is 0.